The van der Waals surface area contributed by atoms with Crippen LogP contribution in [-0.2, 0) is 28.4 Å². The summed E-state index contributed by atoms with van der Waals surface area (Å²) in [5, 5.41) is 0.000000000000000222. The number of rotatable bonds is 11. The van der Waals surface area contributed by atoms with Gasteiger partial charge in [-0.05, 0) is 57.4 Å². The molecule has 1 atom stereocenters. The van der Waals surface area contributed by atoms with E-state index in [2.05, 4.69) is 30.6 Å². The average Bonchev–Trinajstić information content (AvgIpc) is 3.61. The summed E-state index contributed by atoms with van der Waals surface area (Å²) in [4.78, 5) is 0. The molecule has 3 aliphatic rings. The molecule has 190 valence electrons. The molecule has 32 heavy (non-hydrogen) atoms. The molecule has 0 radical (unpaired) electrons. The summed E-state index contributed by atoms with van der Waals surface area (Å²) >= 11 is 4.09. The van der Waals surface area contributed by atoms with Gasteiger partial charge in [0.25, 0.3) is 0 Å². The number of hydrogen-bond acceptors (Lipinski definition) is 9. The van der Waals surface area contributed by atoms with Crippen molar-refractivity contribution in [3.05, 3.63) is 0 Å². The number of unbranched alkanes of at least 4 members (excludes halogenated alkanes) is 1. The second-order valence-electron chi connectivity index (χ2n) is 8.25. The van der Waals surface area contributed by atoms with E-state index in [9.17, 15) is 0 Å². The highest BCUT2D eigenvalue weighted by molar-refractivity contribution is 7.80. The molecule has 8 N–H and O–H groups in total. The second-order valence-corrected chi connectivity index (χ2v) is 8.72. The van der Waals surface area contributed by atoms with Crippen LogP contribution in [0.2, 0.25) is 0 Å². The normalized spacial score (nSPS) is 28.8. The lowest BCUT2D eigenvalue weighted by molar-refractivity contribution is -0.304. The van der Waals surface area contributed by atoms with E-state index in [1.54, 1.807) is 0 Å². The van der Waals surface area contributed by atoms with Gasteiger partial charge in [-0.2, -0.15) is 0 Å². The molecular weight excluding hydrogens is 436 g/mol. The van der Waals surface area contributed by atoms with Crippen LogP contribution >= 0.6 is 12.2 Å². The SMILES string of the molecule is CCCCOCC1CO1.NC(N)=S.NCCCC1OCC2(CO1)COC(CCCN)OC2. The standard InChI is InChI=1S/C13H26N2O4.C7H14O2.CH4N2S/c14-5-1-3-11-16-7-13(8-17-11)9-18-12(19-10-13)4-2-6-15;1-2-3-4-8-5-7-6-9-7;2-1(3)4/h11-12H,1-10,14-15H2;7H,2-6H2,1H3;(H4,2,3,4). The molecule has 0 aromatic heterocycles. The van der Waals surface area contributed by atoms with Gasteiger partial charge in [0, 0.05) is 6.61 Å². The molecule has 1 unspecified atom stereocenters. The molecule has 0 aromatic rings. The summed E-state index contributed by atoms with van der Waals surface area (Å²) < 4.78 is 33.2. The largest absolute Gasteiger partial charge is 0.379 e. The highest BCUT2D eigenvalue weighted by Crippen LogP contribution is 2.31. The van der Waals surface area contributed by atoms with Crippen LogP contribution in [0.3, 0.4) is 0 Å². The summed E-state index contributed by atoms with van der Waals surface area (Å²) in [5.74, 6) is 0. The molecule has 0 aromatic carbocycles. The molecular formula is C21H44N4O6S. The average molecular weight is 481 g/mol. The second kappa shape index (κ2) is 17.8. The Morgan fingerprint density at radius 3 is 1.66 bits per heavy atom. The lowest BCUT2D eigenvalue weighted by Crippen LogP contribution is -2.52. The van der Waals surface area contributed by atoms with Gasteiger partial charge < -0.3 is 51.4 Å². The third-order valence-corrected chi connectivity index (χ3v) is 4.94. The zero-order valence-corrected chi connectivity index (χ0v) is 20.3. The molecule has 3 heterocycles. The Balaban J connectivity index is 0.000000326. The number of epoxide rings is 1. The molecule has 3 aliphatic heterocycles. The third-order valence-electron chi connectivity index (χ3n) is 4.94. The Kier molecular flexibility index (Phi) is 16.3. The Bertz CT molecular complexity index is 438. The number of nitrogens with two attached hydrogens (primary N) is 4. The van der Waals surface area contributed by atoms with Gasteiger partial charge in [0.1, 0.15) is 6.10 Å². The van der Waals surface area contributed by atoms with Gasteiger partial charge >= 0.3 is 0 Å². The van der Waals surface area contributed by atoms with Crippen molar-refractivity contribution in [2.75, 3.05) is 59.3 Å². The van der Waals surface area contributed by atoms with Crippen molar-refractivity contribution >= 4 is 17.3 Å². The first kappa shape index (κ1) is 29.4. The van der Waals surface area contributed by atoms with Crippen LogP contribution < -0.4 is 22.9 Å². The van der Waals surface area contributed by atoms with Crippen molar-refractivity contribution in [3.8, 4) is 0 Å². The van der Waals surface area contributed by atoms with E-state index in [1.165, 1.54) is 12.8 Å². The van der Waals surface area contributed by atoms with E-state index in [4.69, 9.17) is 39.9 Å². The van der Waals surface area contributed by atoms with Gasteiger partial charge in [0.2, 0.25) is 0 Å². The monoisotopic (exact) mass is 480 g/mol. The maximum absolute atomic E-state index is 5.73. The van der Waals surface area contributed by atoms with Crippen molar-refractivity contribution in [2.45, 2.75) is 64.1 Å². The molecule has 11 heteroatoms. The van der Waals surface area contributed by atoms with E-state index < -0.39 is 0 Å². The predicted octanol–water partition coefficient (Wildman–Crippen LogP) is 0.587. The maximum Gasteiger partial charge on any atom is 0.160 e. The fraction of sp³-hybridized carbons (Fsp3) is 0.952. The van der Waals surface area contributed by atoms with E-state index in [0.29, 0.717) is 45.6 Å². The minimum Gasteiger partial charge on any atom is -0.379 e. The van der Waals surface area contributed by atoms with E-state index in [1.807, 2.05) is 0 Å². The van der Waals surface area contributed by atoms with E-state index >= 15 is 0 Å². The summed E-state index contributed by atoms with van der Waals surface area (Å²) in [6.45, 7) is 8.64. The first-order valence-corrected chi connectivity index (χ1v) is 12.0. The minimum atomic E-state index is -0.140. The van der Waals surface area contributed by atoms with Crippen LogP contribution in [0.4, 0.5) is 0 Å². The zero-order chi connectivity index (χ0) is 23.7. The Morgan fingerprint density at radius 1 is 0.875 bits per heavy atom. The van der Waals surface area contributed by atoms with Gasteiger partial charge in [-0.15, -0.1) is 0 Å². The summed E-state index contributed by atoms with van der Waals surface area (Å²) in [5.41, 5.74) is 20.1. The number of ether oxygens (including phenoxy) is 6. The van der Waals surface area contributed by atoms with Crippen molar-refractivity contribution in [1.82, 2.24) is 0 Å². The molecule has 3 saturated heterocycles. The fourth-order valence-electron chi connectivity index (χ4n) is 2.95. The molecule has 0 amide bonds. The molecule has 0 saturated carbocycles. The van der Waals surface area contributed by atoms with Crippen molar-refractivity contribution in [2.24, 2.45) is 28.3 Å². The van der Waals surface area contributed by atoms with Crippen LogP contribution in [0.25, 0.3) is 0 Å². The van der Waals surface area contributed by atoms with Crippen LogP contribution in [-0.4, -0.2) is 83.1 Å². The van der Waals surface area contributed by atoms with Gasteiger partial charge in [0.15, 0.2) is 17.7 Å². The molecule has 1 spiro atoms. The molecule has 0 aliphatic carbocycles. The van der Waals surface area contributed by atoms with E-state index in [-0.39, 0.29) is 23.1 Å². The minimum absolute atomic E-state index is 0.000000000000000222. The molecule has 3 rings (SSSR count). The van der Waals surface area contributed by atoms with Gasteiger partial charge in [-0.3, -0.25) is 0 Å². The maximum atomic E-state index is 5.73. The summed E-state index contributed by atoms with van der Waals surface area (Å²) in [6, 6.07) is 0. The molecule has 3 fully saturated rings. The topological polar surface area (TPSA) is 163 Å². The Labute approximate surface area is 197 Å². The van der Waals surface area contributed by atoms with Crippen molar-refractivity contribution in [1.29, 1.82) is 0 Å². The Morgan fingerprint density at radius 2 is 1.31 bits per heavy atom. The third kappa shape index (κ3) is 14.5. The summed E-state index contributed by atoms with van der Waals surface area (Å²) in [6.07, 6.45) is 6.13. The fourth-order valence-corrected chi connectivity index (χ4v) is 2.95. The van der Waals surface area contributed by atoms with E-state index in [0.717, 1.165) is 45.5 Å². The lowest BCUT2D eigenvalue weighted by atomic mass is 9.90. The van der Waals surface area contributed by atoms with Crippen LogP contribution in [0.5, 0.6) is 0 Å². The predicted molar refractivity (Wildman–Crippen MR) is 127 cm³/mol. The van der Waals surface area contributed by atoms with Crippen molar-refractivity contribution in [3.63, 3.8) is 0 Å². The number of hydrogen-bond donors (Lipinski definition) is 4. The van der Waals surface area contributed by atoms with Crippen LogP contribution in [0, 0.1) is 5.41 Å². The molecule has 0 bridgehead atoms. The van der Waals surface area contributed by atoms with Gasteiger partial charge in [-0.1, -0.05) is 13.3 Å². The highest BCUT2D eigenvalue weighted by Gasteiger charge is 2.41. The van der Waals surface area contributed by atoms with Crippen LogP contribution in [0.1, 0.15) is 45.4 Å². The smallest absolute Gasteiger partial charge is 0.160 e. The quantitative estimate of drug-likeness (QED) is 0.186. The Hall–Kier alpha value is -0.630. The van der Waals surface area contributed by atoms with Gasteiger partial charge in [0.05, 0.1) is 45.1 Å². The molecule has 10 nitrogen and oxygen atoms in total. The highest BCUT2D eigenvalue weighted by atomic mass is 32.1. The summed E-state index contributed by atoms with van der Waals surface area (Å²) in [7, 11) is 0. The lowest BCUT2D eigenvalue weighted by Gasteiger charge is -2.43. The van der Waals surface area contributed by atoms with Crippen LogP contribution in [0.15, 0.2) is 0 Å². The van der Waals surface area contributed by atoms with Gasteiger partial charge in [-0.25, -0.2) is 0 Å². The zero-order valence-electron chi connectivity index (χ0n) is 19.5. The first-order chi connectivity index (χ1) is 15.4. The van der Waals surface area contributed by atoms with Crippen molar-refractivity contribution < 1.29 is 28.4 Å². The first-order valence-electron chi connectivity index (χ1n) is 11.6. The number of thiocarbonyl (C=S) groups is 1.